The van der Waals surface area contributed by atoms with Crippen molar-refractivity contribution in [2.24, 2.45) is 0 Å². The maximum absolute atomic E-state index is 12.8. The van der Waals surface area contributed by atoms with E-state index in [4.69, 9.17) is 0 Å². The Bertz CT molecular complexity index is 337. The molecule has 4 heteroatoms. The molecule has 1 heterocycles. The van der Waals surface area contributed by atoms with E-state index in [1.807, 2.05) is 7.05 Å². The van der Waals surface area contributed by atoms with Gasteiger partial charge in [0.25, 0.3) is 0 Å². The van der Waals surface area contributed by atoms with Crippen molar-refractivity contribution >= 4 is 0 Å². The lowest BCUT2D eigenvalue weighted by Gasteiger charge is -2.27. The maximum atomic E-state index is 12.8. The van der Waals surface area contributed by atoms with Crippen molar-refractivity contribution in [1.82, 2.24) is 15.2 Å². The molecular formula is C14H24FN3. The predicted molar refractivity (Wildman–Crippen MR) is 73.0 cm³/mol. The van der Waals surface area contributed by atoms with Crippen molar-refractivity contribution in [2.75, 3.05) is 20.1 Å². The average molecular weight is 253 g/mol. The van der Waals surface area contributed by atoms with Gasteiger partial charge in [0, 0.05) is 12.6 Å². The van der Waals surface area contributed by atoms with Crippen LogP contribution in [0.2, 0.25) is 0 Å². The monoisotopic (exact) mass is 253 g/mol. The second-order valence-electron chi connectivity index (χ2n) is 4.75. The molecular weight excluding hydrogens is 229 g/mol. The Morgan fingerprint density at radius 2 is 2.11 bits per heavy atom. The van der Waals surface area contributed by atoms with Crippen LogP contribution >= 0.6 is 0 Å². The van der Waals surface area contributed by atoms with Crippen LogP contribution in [-0.2, 0) is 0 Å². The van der Waals surface area contributed by atoms with Crippen LogP contribution in [-0.4, -0.2) is 36.1 Å². The first kappa shape index (κ1) is 15.1. The minimum atomic E-state index is -0.286. The lowest BCUT2D eigenvalue weighted by molar-refractivity contribution is 0.221. The SMILES string of the molecule is CCN(CCC(NC)c1ccc(F)cn1)C(C)C. The van der Waals surface area contributed by atoms with Crippen molar-refractivity contribution in [3.8, 4) is 0 Å². The van der Waals surface area contributed by atoms with Crippen LogP contribution in [0.1, 0.15) is 38.9 Å². The molecule has 3 nitrogen and oxygen atoms in total. The molecule has 0 spiro atoms. The van der Waals surface area contributed by atoms with Crippen LogP contribution in [0.5, 0.6) is 0 Å². The van der Waals surface area contributed by atoms with Crippen LogP contribution in [0, 0.1) is 5.82 Å². The Hall–Kier alpha value is -1.00. The highest BCUT2D eigenvalue weighted by Gasteiger charge is 2.14. The van der Waals surface area contributed by atoms with E-state index < -0.39 is 0 Å². The molecule has 1 unspecified atom stereocenters. The Morgan fingerprint density at radius 1 is 1.39 bits per heavy atom. The summed E-state index contributed by atoms with van der Waals surface area (Å²) in [5.41, 5.74) is 0.902. The van der Waals surface area contributed by atoms with Gasteiger partial charge in [0.1, 0.15) is 5.82 Å². The molecule has 0 amide bonds. The number of hydrogen-bond donors (Lipinski definition) is 1. The molecule has 0 aliphatic carbocycles. The van der Waals surface area contributed by atoms with Crippen molar-refractivity contribution in [3.63, 3.8) is 0 Å². The largest absolute Gasteiger partial charge is 0.312 e. The summed E-state index contributed by atoms with van der Waals surface area (Å²) in [6, 6.07) is 3.95. The minimum Gasteiger partial charge on any atom is -0.312 e. The summed E-state index contributed by atoms with van der Waals surface area (Å²) in [4.78, 5) is 6.55. The van der Waals surface area contributed by atoms with Crippen LogP contribution in [0.15, 0.2) is 18.3 Å². The summed E-state index contributed by atoms with van der Waals surface area (Å²) in [5.74, 6) is -0.286. The fraction of sp³-hybridized carbons (Fsp3) is 0.643. The highest BCUT2D eigenvalue weighted by molar-refractivity contribution is 5.09. The molecule has 1 aromatic rings. The number of hydrogen-bond acceptors (Lipinski definition) is 3. The van der Waals surface area contributed by atoms with Gasteiger partial charge in [-0.1, -0.05) is 6.92 Å². The first-order valence-electron chi connectivity index (χ1n) is 6.61. The molecule has 0 aromatic carbocycles. The summed E-state index contributed by atoms with van der Waals surface area (Å²) >= 11 is 0. The highest BCUT2D eigenvalue weighted by atomic mass is 19.1. The van der Waals surface area contributed by atoms with Gasteiger partial charge in [0.2, 0.25) is 0 Å². The number of halogens is 1. The predicted octanol–water partition coefficient (Wildman–Crippen LogP) is 2.60. The number of rotatable bonds is 7. The highest BCUT2D eigenvalue weighted by Crippen LogP contribution is 2.15. The molecule has 0 fully saturated rings. The third-order valence-electron chi connectivity index (χ3n) is 3.30. The van der Waals surface area contributed by atoms with E-state index >= 15 is 0 Å². The summed E-state index contributed by atoms with van der Waals surface area (Å²) in [6.45, 7) is 8.64. The van der Waals surface area contributed by atoms with Gasteiger partial charge < -0.3 is 10.2 Å². The van der Waals surface area contributed by atoms with Gasteiger partial charge in [0.15, 0.2) is 0 Å². The lowest BCUT2D eigenvalue weighted by Crippen LogP contribution is -2.33. The van der Waals surface area contributed by atoms with Crippen LogP contribution < -0.4 is 5.32 Å². The fourth-order valence-corrected chi connectivity index (χ4v) is 2.11. The maximum Gasteiger partial charge on any atom is 0.141 e. The number of aromatic nitrogens is 1. The molecule has 18 heavy (non-hydrogen) atoms. The molecule has 102 valence electrons. The normalized spacial score (nSPS) is 13.3. The summed E-state index contributed by atoms with van der Waals surface area (Å²) in [7, 11) is 1.92. The van der Waals surface area contributed by atoms with Crippen molar-refractivity contribution in [3.05, 3.63) is 29.8 Å². The molecule has 1 rings (SSSR count). The van der Waals surface area contributed by atoms with Gasteiger partial charge in [-0.15, -0.1) is 0 Å². The van der Waals surface area contributed by atoms with Crippen LogP contribution in [0.3, 0.4) is 0 Å². The smallest absolute Gasteiger partial charge is 0.141 e. The first-order chi connectivity index (χ1) is 8.58. The fourth-order valence-electron chi connectivity index (χ4n) is 2.11. The standard InChI is InChI=1S/C14H24FN3/c1-5-18(11(2)3)9-8-13(16-4)14-7-6-12(15)10-17-14/h6-7,10-11,13,16H,5,8-9H2,1-4H3. The number of nitrogens with one attached hydrogen (secondary N) is 1. The van der Waals surface area contributed by atoms with Crippen molar-refractivity contribution in [2.45, 2.75) is 39.3 Å². The number of pyridine rings is 1. The van der Waals surface area contributed by atoms with E-state index in [1.165, 1.54) is 12.3 Å². The zero-order valence-corrected chi connectivity index (χ0v) is 11.8. The Balaban J connectivity index is 2.59. The molecule has 0 aliphatic heterocycles. The summed E-state index contributed by atoms with van der Waals surface area (Å²) in [6.07, 6.45) is 2.25. The van der Waals surface area contributed by atoms with Crippen molar-refractivity contribution < 1.29 is 4.39 Å². The molecule has 0 saturated carbocycles. The van der Waals surface area contributed by atoms with Crippen molar-refractivity contribution in [1.29, 1.82) is 0 Å². The first-order valence-corrected chi connectivity index (χ1v) is 6.61. The molecule has 0 bridgehead atoms. The molecule has 1 atom stereocenters. The Labute approximate surface area is 109 Å². The van der Waals surface area contributed by atoms with Gasteiger partial charge in [-0.2, -0.15) is 0 Å². The molecule has 0 aliphatic rings. The van der Waals surface area contributed by atoms with E-state index in [0.29, 0.717) is 6.04 Å². The lowest BCUT2D eigenvalue weighted by atomic mass is 10.1. The van der Waals surface area contributed by atoms with E-state index in [2.05, 4.69) is 36.0 Å². The van der Waals surface area contributed by atoms with E-state index in [-0.39, 0.29) is 11.9 Å². The molecule has 1 aromatic heterocycles. The Morgan fingerprint density at radius 3 is 2.56 bits per heavy atom. The molecule has 0 radical (unpaired) electrons. The average Bonchev–Trinajstić information content (AvgIpc) is 2.36. The van der Waals surface area contributed by atoms with Gasteiger partial charge in [-0.05, 0) is 46.0 Å². The van der Waals surface area contributed by atoms with Crippen LogP contribution in [0.4, 0.5) is 4.39 Å². The summed E-state index contributed by atoms with van der Waals surface area (Å²) < 4.78 is 12.8. The molecule has 1 N–H and O–H groups in total. The third-order valence-corrected chi connectivity index (χ3v) is 3.30. The van der Waals surface area contributed by atoms with Gasteiger partial charge in [0.05, 0.1) is 17.9 Å². The zero-order valence-electron chi connectivity index (χ0n) is 11.8. The number of nitrogens with zero attached hydrogens (tertiary/aromatic N) is 2. The van der Waals surface area contributed by atoms with Gasteiger partial charge in [-0.25, -0.2) is 4.39 Å². The van der Waals surface area contributed by atoms with E-state index in [0.717, 1.165) is 25.2 Å². The second kappa shape index (κ2) is 7.44. The zero-order chi connectivity index (χ0) is 13.5. The van der Waals surface area contributed by atoms with Gasteiger partial charge >= 0.3 is 0 Å². The topological polar surface area (TPSA) is 28.2 Å². The summed E-state index contributed by atoms with van der Waals surface area (Å²) in [5, 5.41) is 3.24. The van der Waals surface area contributed by atoms with Crippen LogP contribution in [0.25, 0.3) is 0 Å². The molecule has 0 saturated heterocycles. The Kier molecular flexibility index (Phi) is 6.22. The minimum absolute atomic E-state index is 0.179. The van der Waals surface area contributed by atoms with E-state index in [9.17, 15) is 4.39 Å². The van der Waals surface area contributed by atoms with E-state index in [1.54, 1.807) is 6.07 Å². The quantitative estimate of drug-likeness (QED) is 0.809. The van der Waals surface area contributed by atoms with Gasteiger partial charge in [-0.3, -0.25) is 4.98 Å². The third kappa shape index (κ3) is 4.35. The second-order valence-corrected chi connectivity index (χ2v) is 4.75.